The van der Waals surface area contributed by atoms with Gasteiger partial charge in [0.15, 0.2) is 5.16 Å². The normalized spacial score (nSPS) is 13.0. The Balaban J connectivity index is 2.40. The van der Waals surface area contributed by atoms with Gasteiger partial charge in [-0.15, -0.1) is 0 Å². The highest BCUT2D eigenvalue weighted by atomic mass is 32.2. The van der Waals surface area contributed by atoms with Gasteiger partial charge in [0.05, 0.1) is 6.61 Å². The SMILES string of the molecule is Cc1cc(C)nc(SCCC(CO)NC(C)C)n1. The van der Waals surface area contributed by atoms with E-state index in [0.717, 1.165) is 28.7 Å². The maximum absolute atomic E-state index is 9.26. The van der Waals surface area contributed by atoms with E-state index in [2.05, 4.69) is 29.1 Å². The van der Waals surface area contributed by atoms with Crippen LogP contribution in [0.4, 0.5) is 0 Å². The molecule has 0 spiro atoms. The van der Waals surface area contributed by atoms with Crippen LogP contribution in [0.1, 0.15) is 31.7 Å². The van der Waals surface area contributed by atoms with Crippen molar-refractivity contribution in [3.05, 3.63) is 17.5 Å². The zero-order valence-electron chi connectivity index (χ0n) is 11.6. The molecule has 0 saturated carbocycles. The van der Waals surface area contributed by atoms with Crippen LogP contribution in [0.3, 0.4) is 0 Å². The lowest BCUT2D eigenvalue weighted by atomic mass is 10.2. The van der Waals surface area contributed by atoms with Crippen molar-refractivity contribution in [1.82, 2.24) is 15.3 Å². The highest BCUT2D eigenvalue weighted by molar-refractivity contribution is 7.99. The van der Waals surface area contributed by atoms with Crippen LogP contribution >= 0.6 is 11.8 Å². The monoisotopic (exact) mass is 269 g/mol. The predicted molar refractivity (Wildman–Crippen MR) is 76.0 cm³/mol. The maximum atomic E-state index is 9.26. The summed E-state index contributed by atoms with van der Waals surface area (Å²) in [5.74, 6) is 0.911. The molecule has 1 aromatic heterocycles. The average Bonchev–Trinajstić information content (AvgIpc) is 2.25. The van der Waals surface area contributed by atoms with Crippen LogP contribution in [0.15, 0.2) is 11.2 Å². The van der Waals surface area contributed by atoms with Crippen LogP contribution in [-0.4, -0.2) is 39.5 Å². The Morgan fingerprint density at radius 1 is 1.28 bits per heavy atom. The van der Waals surface area contributed by atoms with Crippen LogP contribution in [0, 0.1) is 13.8 Å². The number of aliphatic hydroxyl groups excluding tert-OH is 1. The third kappa shape index (κ3) is 5.80. The molecule has 102 valence electrons. The van der Waals surface area contributed by atoms with Crippen molar-refractivity contribution in [1.29, 1.82) is 0 Å². The van der Waals surface area contributed by atoms with Crippen molar-refractivity contribution in [3.63, 3.8) is 0 Å². The van der Waals surface area contributed by atoms with Crippen molar-refractivity contribution in [2.75, 3.05) is 12.4 Å². The minimum Gasteiger partial charge on any atom is -0.395 e. The number of hydrogen-bond acceptors (Lipinski definition) is 5. The molecular formula is C13H23N3OS. The number of aromatic nitrogens is 2. The van der Waals surface area contributed by atoms with Crippen molar-refractivity contribution in [2.45, 2.75) is 51.4 Å². The van der Waals surface area contributed by atoms with Gasteiger partial charge in [0.1, 0.15) is 0 Å². The van der Waals surface area contributed by atoms with Crippen LogP contribution in [-0.2, 0) is 0 Å². The molecule has 5 heteroatoms. The number of aryl methyl sites for hydroxylation is 2. The molecule has 18 heavy (non-hydrogen) atoms. The summed E-state index contributed by atoms with van der Waals surface area (Å²) in [6.07, 6.45) is 0.912. The third-order valence-corrected chi connectivity index (χ3v) is 3.33. The van der Waals surface area contributed by atoms with E-state index >= 15 is 0 Å². The molecule has 0 bridgehead atoms. The quantitative estimate of drug-likeness (QED) is 0.585. The lowest BCUT2D eigenvalue weighted by Gasteiger charge is -2.18. The van der Waals surface area contributed by atoms with Crippen molar-refractivity contribution in [2.24, 2.45) is 0 Å². The topological polar surface area (TPSA) is 58.0 Å². The van der Waals surface area contributed by atoms with Crippen molar-refractivity contribution in [3.8, 4) is 0 Å². The molecule has 0 saturated heterocycles. The lowest BCUT2D eigenvalue weighted by Crippen LogP contribution is -2.37. The Labute approximate surface area is 114 Å². The molecule has 1 rings (SSSR count). The van der Waals surface area contributed by atoms with Gasteiger partial charge in [0.2, 0.25) is 0 Å². The van der Waals surface area contributed by atoms with E-state index in [0.29, 0.717) is 6.04 Å². The second-order valence-electron chi connectivity index (χ2n) is 4.77. The van der Waals surface area contributed by atoms with Gasteiger partial charge in [-0.25, -0.2) is 9.97 Å². The summed E-state index contributed by atoms with van der Waals surface area (Å²) in [6.45, 7) is 8.31. The van der Waals surface area contributed by atoms with Gasteiger partial charge in [-0.05, 0) is 26.3 Å². The molecular weight excluding hydrogens is 246 g/mol. The number of hydrogen-bond donors (Lipinski definition) is 2. The summed E-state index contributed by atoms with van der Waals surface area (Å²) in [4.78, 5) is 8.77. The molecule has 0 radical (unpaired) electrons. The molecule has 0 aromatic carbocycles. The van der Waals surface area contributed by atoms with E-state index in [-0.39, 0.29) is 12.6 Å². The van der Waals surface area contributed by atoms with E-state index in [1.54, 1.807) is 11.8 Å². The number of thioether (sulfide) groups is 1. The fraction of sp³-hybridized carbons (Fsp3) is 0.692. The number of nitrogens with one attached hydrogen (secondary N) is 1. The first-order valence-electron chi connectivity index (χ1n) is 6.33. The van der Waals surface area contributed by atoms with Gasteiger partial charge in [0.25, 0.3) is 0 Å². The number of rotatable bonds is 7. The largest absolute Gasteiger partial charge is 0.395 e. The van der Waals surface area contributed by atoms with E-state index in [9.17, 15) is 5.11 Å². The first kappa shape index (κ1) is 15.4. The summed E-state index contributed by atoms with van der Waals surface area (Å²) >= 11 is 1.65. The molecule has 4 nitrogen and oxygen atoms in total. The van der Waals surface area contributed by atoms with Gasteiger partial charge in [-0.1, -0.05) is 25.6 Å². The molecule has 0 aliphatic heterocycles. The van der Waals surface area contributed by atoms with Crippen LogP contribution in [0.25, 0.3) is 0 Å². The molecule has 0 amide bonds. The molecule has 1 atom stereocenters. The number of nitrogens with zero attached hydrogens (tertiary/aromatic N) is 2. The maximum Gasteiger partial charge on any atom is 0.187 e. The Kier molecular flexibility index (Phi) is 6.60. The Hall–Kier alpha value is -0.650. The van der Waals surface area contributed by atoms with Crippen molar-refractivity contribution >= 4 is 11.8 Å². The summed E-state index contributed by atoms with van der Waals surface area (Å²) < 4.78 is 0. The second kappa shape index (κ2) is 7.71. The highest BCUT2D eigenvalue weighted by Crippen LogP contribution is 2.15. The van der Waals surface area contributed by atoms with Gasteiger partial charge >= 0.3 is 0 Å². The average molecular weight is 269 g/mol. The second-order valence-corrected chi connectivity index (χ2v) is 5.83. The van der Waals surface area contributed by atoms with Crippen molar-refractivity contribution < 1.29 is 5.11 Å². The van der Waals surface area contributed by atoms with Crippen LogP contribution < -0.4 is 5.32 Å². The molecule has 0 fully saturated rings. The van der Waals surface area contributed by atoms with Crippen LogP contribution in [0.2, 0.25) is 0 Å². The van der Waals surface area contributed by atoms with E-state index in [1.807, 2.05) is 19.9 Å². The Bertz CT molecular complexity index is 351. The molecule has 1 heterocycles. The zero-order valence-corrected chi connectivity index (χ0v) is 12.4. The third-order valence-electron chi connectivity index (χ3n) is 2.45. The van der Waals surface area contributed by atoms with E-state index in [1.165, 1.54) is 0 Å². The summed E-state index contributed by atoms with van der Waals surface area (Å²) in [5.41, 5.74) is 2.01. The first-order valence-corrected chi connectivity index (χ1v) is 7.31. The summed E-state index contributed by atoms with van der Waals surface area (Å²) in [5, 5.41) is 13.4. The Morgan fingerprint density at radius 3 is 2.39 bits per heavy atom. The molecule has 1 aromatic rings. The highest BCUT2D eigenvalue weighted by Gasteiger charge is 2.09. The predicted octanol–water partition coefficient (Wildman–Crippen LogP) is 1.93. The van der Waals surface area contributed by atoms with Gasteiger partial charge < -0.3 is 10.4 Å². The smallest absolute Gasteiger partial charge is 0.187 e. The molecule has 0 aliphatic carbocycles. The number of aliphatic hydroxyl groups is 1. The molecule has 2 N–H and O–H groups in total. The Morgan fingerprint density at radius 2 is 1.89 bits per heavy atom. The minimum absolute atomic E-state index is 0.156. The molecule has 0 aliphatic rings. The van der Waals surface area contributed by atoms with E-state index in [4.69, 9.17) is 0 Å². The van der Waals surface area contributed by atoms with Gasteiger partial charge in [-0.2, -0.15) is 0 Å². The minimum atomic E-state index is 0.156. The zero-order chi connectivity index (χ0) is 13.5. The lowest BCUT2D eigenvalue weighted by molar-refractivity contribution is 0.232. The van der Waals surface area contributed by atoms with Gasteiger partial charge in [0, 0.05) is 29.2 Å². The summed E-state index contributed by atoms with van der Waals surface area (Å²) in [7, 11) is 0. The van der Waals surface area contributed by atoms with Gasteiger partial charge in [-0.3, -0.25) is 0 Å². The standard InChI is InChI=1S/C13H23N3OS/c1-9(2)14-12(8-17)5-6-18-13-15-10(3)7-11(4)16-13/h7,9,12,14,17H,5-6,8H2,1-4H3. The fourth-order valence-electron chi connectivity index (χ4n) is 1.75. The molecule has 1 unspecified atom stereocenters. The van der Waals surface area contributed by atoms with E-state index < -0.39 is 0 Å². The fourth-order valence-corrected chi connectivity index (χ4v) is 2.75. The van der Waals surface area contributed by atoms with Crippen LogP contribution in [0.5, 0.6) is 0 Å². The first-order chi connectivity index (χ1) is 8.51. The summed E-state index contributed by atoms with van der Waals surface area (Å²) in [6, 6.07) is 2.52.